The van der Waals surface area contributed by atoms with Crippen LogP contribution in [0.3, 0.4) is 0 Å². The number of benzene rings is 1. The zero-order valence-corrected chi connectivity index (χ0v) is 14.7. The van der Waals surface area contributed by atoms with E-state index in [4.69, 9.17) is 0 Å². The van der Waals surface area contributed by atoms with Crippen molar-refractivity contribution in [2.24, 2.45) is 0 Å². The van der Waals surface area contributed by atoms with E-state index in [1.807, 2.05) is 24.3 Å². The second-order valence-electron chi connectivity index (χ2n) is 5.50. The van der Waals surface area contributed by atoms with Crippen LogP contribution in [0.1, 0.15) is 26.2 Å². The van der Waals surface area contributed by atoms with Gasteiger partial charge in [0.2, 0.25) is 5.91 Å². The molecular weight excluding hydrogens is 377 g/mol. The number of carbonyl (C=O) groups is 1. The van der Waals surface area contributed by atoms with Gasteiger partial charge in [-0.3, -0.25) is 9.69 Å². The predicted molar refractivity (Wildman–Crippen MR) is 95.5 cm³/mol. The number of amides is 1. The van der Waals surface area contributed by atoms with Gasteiger partial charge in [0.15, 0.2) is 0 Å². The van der Waals surface area contributed by atoms with E-state index in [1.165, 1.54) is 19.3 Å². The van der Waals surface area contributed by atoms with Crippen LogP contribution in [0.5, 0.6) is 0 Å². The summed E-state index contributed by atoms with van der Waals surface area (Å²) in [4.78, 5) is 14.4. The number of para-hydroxylation sites is 1. The molecule has 2 N–H and O–H groups in total. The zero-order chi connectivity index (χ0) is 15.1. The molecule has 0 aliphatic carbocycles. The number of carbonyl (C=O) groups excluding carboxylic acids is 1. The minimum Gasteiger partial charge on any atom is -0.324 e. The largest absolute Gasteiger partial charge is 0.324 e. The van der Waals surface area contributed by atoms with Crippen molar-refractivity contribution in [1.29, 1.82) is 0 Å². The second-order valence-corrected chi connectivity index (χ2v) is 6.66. The lowest BCUT2D eigenvalue weighted by Gasteiger charge is -2.29. The fourth-order valence-corrected chi connectivity index (χ4v) is 3.17. The Kier molecular flexibility index (Phi) is 6.92. The van der Waals surface area contributed by atoms with E-state index in [9.17, 15) is 4.79 Å². The molecule has 0 aromatic heterocycles. The van der Waals surface area contributed by atoms with Crippen LogP contribution >= 0.6 is 22.6 Å². The number of nitrogens with one attached hydrogen (secondary N) is 2. The van der Waals surface area contributed by atoms with Gasteiger partial charge in [-0.1, -0.05) is 25.5 Å². The lowest BCUT2D eigenvalue weighted by atomic mass is 10.0. The minimum absolute atomic E-state index is 0.0665. The first-order chi connectivity index (χ1) is 10.2. The molecule has 1 aliphatic rings. The Morgan fingerprint density at radius 1 is 1.43 bits per heavy atom. The van der Waals surface area contributed by atoms with Crippen LogP contribution in [0.25, 0.3) is 0 Å². The van der Waals surface area contributed by atoms with E-state index < -0.39 is 0 Å². The third-order valence-electron chi connectivity index (χ3n) is 3.85. The Bertz CT molecular complexity index is 461. The number of hydrogen-bond donors (Lipinski definition) is 2. The molecule has 0 bridgehead atoms. The van der Waals surface area contributed by atoms with Gasteiger partial charge in [0.25, 0.3) is 0 Å². The summed E-state index contributed by atoms with van der Waals surface area (Å²) in [6, 6.07) is 8.40. The summed E-state index contributed by atoms with van der Waals surface area (Å²) in [5, 5.41) is 6.55. The maximum atomic E-state index is 12.2. The van der Waals surface area contributed by atoms with Crippen molar-refractivity contribution in [3.63, 3.8) is 0 Å². The van der Waals surface area contributed by atoms with Crippen molar-refractivity contribution in [2.75, 3.05) is 31.5 Å². The summed E-state index contributed by atoms with van der Waals surface area (Å²) in [6.45, 7) is 5.53. The highest BCUT2D eigenvalue weighted by Gasteiger charge is 2.17. The van der Waals surface area contributed by atoms with Crippen LogP contribution in [0.15, 0.2) is 24.3 Å². The molecule has 1 aromatic carbocycles. The van der Waals surface area contributed by atoms with Gasteiger partial charge in [0.05, 0.1) is 12.2 Å². The summed E-state index contributed by atoms with van der Waals surface area (Å²) in [7, 11) is 0. The molecule has 21 heavy (non-hydrogen) atoms. The number of piperidine rings is 1. The molecule has 1 aliphatic heterocycles. The molecule has 5 heteroatoms. The van der Waals surface area contributed by atoms with Gasteiger partial charge in [-0.15, -0.1) is 0 Å². The molecular formula is C16H24IN3O. The molecule has 1 aromatic rings. The average molecular weight is 401 g/mol. The SMILES string of the molecule is CCN(CC(=O)Nc1ccccc1I)CC1CCCCN1. The molecule has 1 saturated heterocycles. The Morgan fingerprint density at radius 3 is 2.90 bits per heavy atom. The Morgan fingerprint density at radius 2 is 2.24 bits per heavy atom. The van der Waals surface area contributed by atoms with Crippen LogP contribution in [0, 0.1) is 3.57 Å². The standard InChI is InChI=1S/C16H24IN3O/c1-2-20(11-13-7-5-6-10-18-13)12-16(21)19-15-9-4-3-8-14(15)17/h3-4,8-9,13,18H,2,5-7,10-12H2,1H3,(H,19,21). The Labute approximate surface area is 140 Å². The lowest BCUT2D eigenvalue weighted by molar-refractivity contribution is -0.117. The van der Waals surface area contributed by atoms with Crippen molar-refractivity contribution in [3.8, 4) is 0 Å². The fourth-order valence-electron chi connectivity index (χ4n) is 2.65. The number of anilines is 1. The fraction of sp³-hybridized carbons (Fsp3) is 0.562. The maximum Gasteiger partial charge on any atom is 0.238 e. The quantitative estimate of drug-likeness (QED) is 0.721. The normalized spacial score (nSPS) is 18.7. The van der Waals surface area contributed by atoms with E-state index >= 15 is 0 Å². The van der Waals surface area contributed by atoms with Gasteiger partial charge in [0, 0.05) is 16.2 Å². The maximum absolute atomic E-state index is 12.2. The van der Waals surface area contributed by atoms with E-state index in [0.29, 0.717) is 12.6 Å². The van der Waals surface area contributed by atoms with E-state index in [-0.39, 0.29) is 5.91 Å². The van der Waals surface area contributed by atoms with E-state index in [0.717, 1.165) is 28.9 Å². The van der Waals surface area contributed by atoms with Crippen molar-refractivity contribution in [3.05, 3.63) is 27.8 Å². The van der Waals surface area contributed by atoms with Gasteiger partial charge in [-0.25, -0.2) is 0 Å². The summed E-state index contributed by atoms with van der Waals surface area (Å²) < 4.78 is 1.07. The van der Waals surface area contributed by atoms with Gasteiger partial charge >= 0.3 is 0 Å². The molecule has 116 valence electrons. The molecule has 1 atom stereocenters. The molecule has 0 radical (unpaired) electrons. The van der Waals surface area contributed by atoms with E-state index in [2.05, 4.69) is 45.0 Å². The monoisotopic (exact) mass is 401 g/mol. The topological polar surface area (TPSA) is 44.4 Å². The molecule has 1 amide bonds. The van der Waals surface area contributed by atoms with Gasteiger partial charge in [0.1, 0.15) is 0 Å². The number of likely N-dealkylation sites (N-methyl/N-ethyl adjacent to an activating group) is 1. The summed E-state index contributed by atoms with van der Waals surface area (Å²) in [6.07, 6.45) is 3.79. The first-order valence-electron chi connectivity index (χ1n) is 7.69. The number of halogens is 1. The highest BCUT2D eigenvalue weighted by Crippen LogP contribution is 2.17. The second kappa shape index (κ2) is 8.70. The van der Waals surface area contributed by atoms with E-state index in [1.54, 1.807) is 0 Å². The van der Waals surface area contributed by atoms with Crippen molar-refractivity contribution in [2.45, 2.75) is 32.2 Å². The first-order valence-corrected chi connectivity index (χ1v) is 8.77. The number of nitrogens with zero attached hydrogens (tertiary/aromatic N) is 1. The third kappa shape index (κ3) is 5.56. The van der Waals surface area contributed by atoms with Crippen LogP contribution in [-0.4, -0.2) is 43.0 Å². The lowest BCUT2D eigenvalue weighted by Crippen LogP contribution is -2.45. The molecule has 0 saturated carbocycles. The molecule has 2 rings (SSSR count). The molecule has 1 unspecified atom stereocenters. The average Bonchev–Trinajstić information content (AvgIpc) is 2.50. The van der Waals surface area contributed by atoms with Crippen molar-refractivity contribution >= 4 is 34.2 Å². The van der Waals surface area contributed by atoms with Gasteiger partial charge in [-0.2, -0.15) is 0 Å². The van der Waals surface area contributed by atoms with Crippen LogP contribution in [0.2, 0.25) is 0 Å². The molecule has 1 fully saturated rings. The van der Waals surface area contributed by atoms with Gasteiger partial charge < -0.3 is 10.6 Å². The van der Waals surface area contributed by atoms with Crippen LogP contribution < -0.4 is 10.6 Å². The summed E-state index contributed by atoms with van der Waals surface area (Å²) >= 11 is 2.24. The molecule has 1 heterocycles. The molecule has 0 spiro atoms. The number of hydrogen-bond acceptors (Lipinski definition) is 3. The smallest absolute Gasteiger partial charge is 0.238 e. The molecule has 4 nitrogen and oxygen atoms in total. The number of rotatable bonds is 6. The van der Waals surface area contributed by atoms with Crippen molar-refractivity contribution < 1.29 is 4.79 Å². The third-order valence-corrected chi connectivity index (χ3v) is 4.79. The zero-order valence-electron chi connectivity index (χ0n) is 12.6. The highest BCUT2D eigenvalue weighted by molar-refractivity contribution is 14.1. The van der Waals surface area contributed by atoms with Crippen LogP contribution in [0.4, 0.5) is 5.69 Å². The Balaban J connectivity index is 1.83. The highest BCUT2D eigenvalue weighted by atomic mass is 127. The summed E-state index contributed by atoms with van der Waals surface area (Å²) in [5.41, 5.74) is 0.898. The predicted octanol–water partition coefficient (Wildman–Crippen LogP) is 2.69. The minimum atomic E-state index is 0.0665. The first kappa shape index (κ1) is 16.7. The Hall–Kier alpha value is -0.660. The summed E-state index contributed by atoms with van der Waals surface area (Å²) in [5.74, 6) is 0.0665. The van der Waals surface area contributed by atoms with Gasteiger partial charge in [-0.05, 0) is 60.7 Å². The van der Waals surface area contributed by atoms with Crippen molar-refractivity contribution in [1.82, 2.24) is 10.2 Å². The van der Waals surface area contributed by atoms with Crippen LogP contribution in [-0.2, 0) is 4.79 Å².